The number of amides is 1. The predicted molar refractivity (Wildman–Crippen MR) is 80.2 cm³/mol. The Bertz CT molecular complexity index is 731. The molecule has 1 amide bonds. The number of hydrogen-bond acceptors (Lipinski definition) is 2. The zero-order chi connectivity index (χ0) is 15.6. The van der Waals surface area contributed by atoms with Crippen molar-refractivity contribution in [2.75, 3.05) is 5.32 Å². The highest BCUT2D eigenvalue weighted by Gasteiger charge is 2.17. The third-order valence-corrected chi connectivity index (χ3v) is 3.57. The molecule has 0 saturated carbocycles. The molecular formula is C15H11BrFNO3. The van der Waals surface area contributed by atoms with Crippen LogP contribution in [-0.2, 0) is 0 Å². The molecule has 0 aliphatic carbocycles. The van der Waals surface area contributed by atoms with Gasteiger partial charge in [-0.2, -0.15) is 0 Å². The average Bonchev–Trinajstić information content (AvgIpc) is 2.40. The largest absolute Gasteiger partial charge is 0.478 e. The Labute approximate surface area is 128 Å². The van der Waals surface area contributed by atoms with E-state index in [-0.39, 0.29) is 16.8 Å². The van der Waals surface area contributed by atoms with Crippen LogP contribution in [0.15, 0.2) is 40.9 Å². The summed E-state index contributed by atoms with van der Waals surface area (Å²) in [6, 6.07) is 8.36. The lowest BCUT2D eigenvalue weighted by atomic mass is 10.1. The van der Waals surface area contributed by atoms with Crippen molar-refractivity contribution in [3.05, 3.63) is 63.4 Å². The smallest absolute Gasteiger partial charge is 0.337 e. The minimum absolute atomic E-state index is 0.00147. The van der Waals surface area contributed by atoms with Gasteiger partial charge in [-0.1, -0.05) is 12.1 Å². The summed E-state index contributed by atoms with van der Waals surface area (Å²) in [5, 5.41) is 11.7. The first-order chi connectivity index (χ1) is 9.90. The highest BCUT2D eigenvalue weighted by atomic mass is 79.9. The Balaban J connectivity index is 2.38. The van der Waals surface area contributed by atoms with Gasteiger partial charge in [-0.15, -0.1) is 0 Å². The van der Waals surface area contributed by atoms with Crippen molar-refractivity contribution in [3.8, 4) is 0 Å². The molecule has 2 aromatic carbocycles. The number of benzene rings is 2. The van der Waals surface area contributed by atoms with E-state index in [1.54, 1.807) is 19.1 Å². The number of carboxylic acids is 1. The number of carbonyl (C=O) groups excluding carboxylic acids is 1. The van der Waals surface area contributed by atoms with Crippen LogP contribution in [0.5, 0.6) is 0 Å². The Hall–Kier alpha value is -2.21. The first kappa shape index (κ1) is 15.2. The molecule has 6 heteroatoms. The number of para-hydroxylation sites is 1. The zero-order valence-corrected chi connectivity index (χ0v) is 12.6. The first-order valence-electron chi connectivity index (χ1n) is 5.99. The van der Waals surface area contributed by atoms with Gasteiger partial charge in [-0.3, -0.25) is 4.79 Å². The van der Waals surface area contributed by atoms with E-state index in [4.69, 9.17) is 5.11 Å². The van der Waals surface area contributed by atoms with Gasteiger partial charge in [-0.05, 0) is 52.7 Å². The van der Waals surface area contributed by atoms with E-state index in [1.165, 1.54) is 18.2 Å². The third-order valence-electron chi connectivity index (χ3n) is 2.92. The number of nitrogens with one attached hydrogen (secondary N) is 1. The Morgan fingerprint density at radius 3 is 2.52 bits per heavy atom. The van der Waals surface area contributed by atoms with Crippen molar-refractivity contribution >= 4 is 33.5 Å². The summed E-state index contributed by atoms with van der Waals surface area (Å²) in [6.07, 6.45) is 0. The topological polar surface area (TPSA) is 66.4 Å². The molecule has 2 N–H and O–H groups in total. The van der Waals surface area contributed by atoms with E-state index in [1.807, 2.05) is 0 Å². The van der Waals surface area contributed by atoms with Gasteiger partial charge in [0.25, 0.3) is 5.91 Å². The fourth-order valence-electron chi connectivity index (χ4n) is 1.87. The van der Waals surface area contributed by atoms with E-state index >= 15 is 0 Å². The number of aryl methyl sites for hydroxylation is 1. The van der Waals surface area contributed by atoms with Gasteiger partial charge in [0.1, 0.15) is 5.82 Å². The number of carboxylic acid groups (broad SMARTS) is 1. The molecule has 0 radical (unpaired) electrons. The summed E-state index contributed by atoms with van der Waals surface area (Å²) in [5.41, 5.74) is 1.07. The first-order valence-corrected chi connectivity index (χ1v) is 6.78. The molecule has 0 fully saturated rings. The maximum atomic E-state index is 13.0. The van der Waals surface area contributed by atoms with Crippen LogP contribution in [0.25, 0.3) is 0 Å². The van der Waals surface area contributed by atoms with Crippen molar-refractivity contribution in [3.63, 3.8) is 0 Å². The highest BCUT2D eigenvalue weighted by molar-refractivity contribution is 9.10. The second-order valence-electron chi connectivity index (χ2n) is 4.38. The average molecular weight is 352 g/mol. The van der Waals surface area contributed by atoms with Crippen molar-refractivity contribution < 1.29 is 19.1 Å². The van der Waals surface area contributed by atoms with Crippen LogP contribution in [-0.4, -0.2) is 17.0 Å². The number of hydrogen-bond donors (Lipinski definition) is 2. The fraction of sp³-hybridized carbons (Fsp3) is 0.0667. The summed E-state index contributed by atoms with van der Waals surface area (Å²) < 4.78 is 13.3. The lowest BCUT2D eigenvalue weighted by Crippen LogP contribution is -2.16. The van der Waals surface area contributed by atoms with Gasteiger partial charge < -0.3 is 10.4 Å². The van der Waals surface area contributed by atoms with Crippen molar-refractivity contribution in [1.29, 1.82) is 0 Å². The van der Waals surface area contributed by atoms with Crippen LogP contribution in [0.4, 0.5) is 10.1 Å². The monoisotopic (exact) mass is 351 g/mol. The lowest BCUT2D eigenvalue weighted by molar-refractivity contribution is 0.0698. The van der Waals surface area contributed by atoms with Gasteiger partial charge in [0.05, 0.1) is 16.8 Å². The highest BCUT2D eigenvalue weighted by Crippen LogP contribution is 2.24. The SMILES string of the molecule is Cc1cccc(C(=O)O)c1NC(=O)c1ccc(F)cc1Br. The van der Waals surface area contributed by atoms with Gasteiger partial charge >= 0.3 is 5.97 Å². The molecule has 0 bridgehead atoms. The van der Waals surface area contributed by atoms with E-state index in [0.717, 1.165) is 6.07 Å². The third kappa shape index (κ3) is 3.28. The van der Waals surface area contributed by atoms with Crippen LogP contribution >= 0.6 is 15.9 Å². The quantitative estimate of drug-likeness (QED) is 0.882. The van der Waals surface area contributed by atoms with Crippen molar-refractivity contribution in [2.24, 2.45) is 0 Å². The molecule has 0 aliphatic heterocycles. The molecule has 2 aromatic rings. The maximum absolute atomic E-state index is 13.0. The van der Waals surface area contributed by atoms with Gasteiger partial charge in [-0.25, -0.2) is 9.18 Å². The summed E-state index contributed by atoms with van der Waals surface area (Å²) in [5.74, 6) is -2.12. The summed E-state index contributed by atoms with van der Waals surface area (Å²) in [6.45, 7) is 1.70. The minimum atomic E-state index is -1.13. The minimum Gasteiger partial charge on any atom is -0.478 e. The molecule has 0 unspecified atom stereocenters. The Morgan fingerprint density at radius 2 is 1.90 bits per heavy atom. The van der Waals surface area contributed by atoms with Crippen LogP contribution < -0.4 is 5.32 Å². The lowest BCUT2D eigenvalue weighted by Gasteiger charge is -2.12. The standard InChI is InChI=1S/C15H11BrFNO3/c1-8-3-2-4-11(15(20)21)13(8)18-14(19)10-6-5-9(17)7-12(10)16/h2-7H,1H3,(H,18,19)(H,20,21). The summed E-state index contributed by atoms with van der Waals surface area (Å²) >= 11 is 3.11. The number of aromatic carboxylic acids is 1. The van der Waals surface area contributed by atoms with Crippen LogP contribution in [0.3, 0.4) is 0 Å². The molecular weight excluding hydrogens is 341 g/mol. The van der Waals surface area contributed by atoms with Gasteiger partial charge in [0.2, 0.25) is 0 Å². The van der Waals surface area contributed by atoms with Gasteiger partial charge in [0, 0.05) is 4.47 Å². The van der Waals surface area contributed by atoms with E-state index in [2.05, 4.69) is 21.2 Å². The Kier molecular flexibility index (Phi) is 4.37. The second kappa shape index (κ2) is 6.05. The number of carbonyl (C=O) groups is 2. The zero-order valence-electron chi connectivity index (χ0n) is 11.0. The maximum Gasteiger partial charge on any atom is 0.337 e. The summed E-state index contributed by atoms with van der Waals surface area (Å²) in [4.78, 5) is 23.4. The molecule has 108 valence electrons. The predicted octanol–water partition coefficient (Wildman–Crippen LogP) is 3.85. The van der Waals surface area contributed by atoms with Crippen LogP contribution in [0.1, 0.15) is 26.3 Å². The number of rotatable bonds is 3. The molecule has 0 atom stereocenters. The van der Waals surface area contributed by atoms with E-state index < -0.39 is 17.7 Å². The molecule has 2 rings (SSSR count). The molecule has 4 nitrogen and oxygen atoms in total. The molecule has 0 aromatic heterocycles. The van der Waals surface area contributed by atoms with E-state index in [9.17, 15) is 14.0 Å². The van der Waals surface area contributed by atoms with Gasteiger partial charge in [0.15, 0.2) is 0 Å². The molecule has 21 heavy (non-hydrogen) atoms. The fourth-order valence-corrected chi connectivity index (χ4v) is 2.40. The number of anilines is 1. The molecule has 0 aliphatic rings. The van der Waals surface area contributed by atoms with E-state index in [0.29, 0.717) is 10.0 Å². The number of halogens is 2. The van der Waals surface area contributed by atoms with Crippen molar-refractivity contribution in [2.45, 2.75) is 6.92 Å². The molecule has 0 spiro atoms. The summed E-state index contributed by atoms with van der Waals surface area (Å²) in [7, 11) is 0. The molecule has 0 heterocycles. The van der Waals surface area contributed by atoms with Crippen LogP contribution in [0.2, 0.25) is 0 Å². The Morgan fingerprint density at radius 1 is 1.19 bits per heavy atom. The van der Waals surface area contributed by atoms with Crippen LogP contribution in [0, 0.1) is 12.7 Å². The normalized spacial score (nSPS) is 10.2. The second-order valence-corrected chi connectivity index (χ2v) is 5.24. The molecule has 0 saturated heterocycles. The van der Waals surface area contributed by atoms with Crippen molar-refractivity contribution in [1.82, 2.24) is 0 Å².